The molecule has 2 aromatic rings. The minimum atomic E-state index is 0.925. The first kappa shape index (κ1) is 14.9. The molecule has 2 nitrogen and oxygen atoms in total. The number of thioether (sulfide) groups is 1. The Morgan fingerprint density at radius 1 is 1.00 bits per heavy atom. The fraction of sp³-hybridized carbons (Fsp3) is 0.294. The lowest BCUT2D eigenvalue weighted by Crippen LogP contribution is -2.11. The van der Waals surface area contributed by atoms with Gasteiger partial charge >= 0.3 is 0 Å². The average Bonchev–Trinajstić information content (AvgIpc) is 2.46. The molecule has 0 radical (unpaired) electrons. The van der Waals surface area contributed by atoms with Gasteiger partial charge in [-0.25, -0.2) is 0 Å². The van der Waals surface area contributed by atoms with E-state index in [2.05, 4.69) is 61.5 Å². The second-order valence-corrected chi connectivity index (χ2v) is 5.95. The number of methoxy groups -OCH3 is 1. The normalized spacial score (nSPS) is 10.8. The fourth-order valence-corrected chi connectivity index (χ4v) is 3.20. The van der Waals surface area contributed by atoms with Crippen molar-refractivity contribution in [1.29, 1.82) is 0 Å². The maximum Gasteiger partial charge on any atom is 0.132 e. The van der Waals surface area contributed by atoms with Gasteiger partial charge in [0.05, 0.1) is 12.0 Å². The molecule has 0 saturated carbocycles. The molecule has 0 unspecified atom stereocenters. The largest absolute Gasteiger partial charge is 0.496 e. The van der Waals surface area contributed by atoms with Gasteiger partial charge in [-0.1, -0.05) is 42.5 Å². The summed E-state index contributed by atoms with van der Waals surface area (Å²) < 4.78 is 5.52. The highest BCUT2D eigenvalue weighted by molar-refractivity contribution is 7.98. The van der Waals surface area contributed by atoms with Gasteiger partial charge < -0.3 is 9.64 Å². The minimum Gasteiger partial charge on any atom is -0.496 e. The van der Waals surface area contributed by atoms with Crippen molar-refractivity contribution in [2.45, 2.75) is 17.2 Å². The van der Waals surface area contributed by atoms with Gasteiger partial charge in [0.1, 0.15) is 5.75 Å². The van der Waals surface area contributed by atoms with Crippen LogP contribution in [-0.2, 0) is 12.3 Å². The summed E-state index contributed by atoms with van der Waals surface area (Å²) in [5.74, 6) is 1.92. The van der Waals surface area contributed by atoms with E-state index in [0.29, 0.717) is 0 Å². The molecule has 0 heterocycles. The van der Waals surface area contributed by atoms with Crippen LogP contribution in [0.2, 0.25) is 0 Å². The number of ether oxygens (including phenoxy) is 1. The van der Waals surface area contributed by atoms with Crippen molar-refractivity contribution in [1.82, 2.24) is 4.90 Å². The van der Waals surface area contributed by atoms with Crippen molar-refractivity contribution in [2.75, 3.05) is 21.2 Å². The molecule has 0 spiro atoms. The third kappa shape index (κ3) is 4.02. The molecule has 0 amide bonds. The highest BCUT2D eigenvalue weighted by atomic mass is 32.2. The molecule has 3 heteroatoms. The zero-order chi connectivity index (χ0) is 14.4. The molecule has 0 bridgehead atoms. The van der Waals surface area contributed by atoms with E-state index < -0.39 is 0 Å². The second kappa shape index (κ2) is 7.36. The smallest absolute Gasteiger partial charge is 0.132 e. The van der Waals surface area contributed by atoms with Gasteiger partial charge in [-0.3, -0.25) is 0 Å². The van der Waals surface area contributed by atoms with E-state index in [0.717, 1.165) is 18.0 Å². The van der Waals surface area contributed by atoms with E-state index in [4.69, 9.17) is 4.74 Å². The van der Waals surface area contributed by atoms with Crippen molar-refractivity contribution in [3.05, 3.63) is 59.7 Å². The van der Waals surface area contributed by atoms with Crippen molar-refractivity contribution in [3.63, 3.8) is 0 Å². The van der Waals surface area contributed by atoms with Gasteiger partial charge in [0, 0.05) is 12.3 Å². The van der Waals surface area contributed by atoms with Crippen molar-refractivity contribution < 1.29 is 4.74 Å². The van der Waals surface area contributed by atoms with Gasteiger partial charge in [0.2, 0.25) is 0 Å². The molecule has 0 aromatic heterocycles. The Morgan fingerprint density at radius 3 is 2.40 bits per heavy atom. The van der Waals surface area contributed by atoms with Gasteiger partial charge in [-0.2, -0.15) is 0 Å². The third-order valence-electron chi connectivity index (χ3n) is 2.99. The predicted molar refractivity (Wildman–Crippen MR) is 86.4 cm³/mol. The topological polar surface area (TPSA) is 12.5 Å². The van der Waals surface area contributed by atoms with E-state index >= 15 is 0 Å². The maximum atomic E-state index is 5.52. The summed E-state index contributed by atoms with van der Waals surface area (Å²) in [6, 6.07) is 16.8. The lowest BCUT2D eigenvalue weighted by Gasteiger charge is -2.16. The van der Waals surface area contributed by atoms with Crippen molar-refractivity contribution in [3.8, 4) is 5.75 Å². The summed E-state index contributed by atoms with van der Waals surface area (Å²) in [5.41, 5.74) is 2.65. The molecule has 0 saturated heterocycles. The average molecular weight is 287 g/mol. The molecule has 106 valence electrons. The lowest BCUT2D eigenvalue weighted by atomic mass is 10.2. The van der Waals surface area contributed by atoms with Crippen molar-refractivity contribution in [2.24, 2.45) is 0 Å². The molecule has 0 N–H and O–H groups in total. The fourth-order valence-electron chi connectivity index (χ4n) is 2.08. The number of hydrogen-bond acceptors (Lipinski definition) is 3. The zero-order valence-electron chi connectivity index (χ0n) is 12.3. The Bertz CT molecular complexity index is 540. The van der Waals surface area contributed by atoms with Gasteiger partial charge in [0.25, 0.3) is 0 Å². The Balaban J connectivity index is 2.19. The minimum absolute atomic E-state index is 0.925. The van der Waals surface area contributed by atoms with E-state index in [1.54, 1.807) is 7.11 Å². The van der Waals surface area contributed by atoms with Gasteiger partial charge in [-0.05, 0) is 31.3 Å². The first-order valence-corrected chi connectivity index (χ1v) is 7.66. The number of nitrogens with zero attached hydrogens (tertiary/aromatic N) is 1. The standard InChI is InChI=1S/C17H21NOS/c1-18(2)12-15-10-7-11-16(19-3)17(15)20-13-14-8-5-4-6-9-14/h4-11H,12-13H2,1-3H3. The molecular weight excluding hydrogens is 266 g/mol. The Kier molecular flexibility index (Phi) is 5.50. The van der Waals surface area contributed by atoms with Crippen LogP contribution in [0, 0.1) is 0 Å². The van der Waals surface area contributed by atoms with Crippen LogP contribution in [-0.4, -0.2) is 26.1 Å². The van der Waals surface area contributed by atoms with Crippen LogP contribution < -0.4 is 4.74 Å². The van der Waals surface area contributed by atoms with E-state index in [-0.39, 0.29) is 0 Å². The van der Waals surface area contributed by atoms with E-state index in [9.17, 15) is 0 Å². The summed E-state index contributed by atoms with van der Waals surface area (Å²) in [6.45, 7) is 0.925. The second-order valence-electron chi connectivity index (χ2n) is 4.96. The van der Waals surface area contributed by atoms with Crippen LogP contribution in [0.4, 0.5) is 0 Å². The summed E-state index contributed by atoms with van der Waals surface area (Å²) in [5, 5.41) is 0. The first-order chi connectivity index (χ1) is 9.70. The van der Waals surface area contributed by atoms with Crippen LogP contribution in [0.1, 0.15) is 11.1 Å². The lowest BCUT2D eigenvalue weighted by molar-refractivity contribution is 0.385. The number of rotatable bonds is 6. The molecule has 0 fully saturated rings. The summed E-state index contributed by atoms with van der Waals surface area (Å²) in [6.07, 6.45) is 0. The summed E-state index contributed by atoms with van der Waals surface area (Å²) >= 11 is 1.84. The van der Waals surface area contributed by atoms with Crippen molar-refractivity contribution >= 4 is 11.8 Å². The molecule has 0 aliphatic carbocycles. The van der Waals surface area contributed by atoms with Crippen LogP contribution >= 0.6 is 11.8 Å². The Labute approximate surface area is 125 Å². The third-order valence-corrected chi connectivity index (χ3v) is 4.22. The number of hydrogen-bond donors (Lipinski definition) is 0. The Morgan fingerprint density at radius 2 is 1.75 bits per heavy atom. The monoisotopic (exact) mass is 287 g/mol. The number of benzene rings is 2. The molecule has 2 aromatic carbocycles. The molecule has 0 aliphatic rings. The van der Waals surface area contributed by atoms with Crippen LogP contribution in [0.5, 0.6) is 5.75 Å². The molecular formula is C17H21NOS. The van der Waals surface area contributed by atoms with Crippen LogP contribution in [0.15, 0.2) is 53.4 Å². The van der Waals surface area contributed by atoms with Gasteiger partial charge in [-0.15, -0.1) is 11.8 Å². The van der Waals surface area contributed by atoms with Crippen LogP contribution in [0.3, 0.4) is 0 Å². The van der Waals surface area contributed by atoms with Gasteiger partial charge in [0.15, 0.2) is 0 Å². The maximum absolute atomic E-state index is 5.52. The molecule has 2 rings (SSSR count). The molecule has 20 heavy (non-hydrogen) atoms. The highest BCUT2D eigenvalue weighted by Crippen LogP contribution is 2.35. The summed E-state index contributed by atoms with van der Waals surface area (Å²) in [4.78, 5) is 3.43. The first-order valence-electron chi connectivity index (χ1n) is 6.68. The quantitative estimate of drug-likeness (QED) is 0.744. The summed E-state index contributed by atoms with van der Waals surface area (Å²) in [7, 11) is 5.91. The Hall–Kier alpha value is -1.45. The SMILES string of the molecule is COc1cccc(CN(C)C)c1SCc1ccccc1. The van der Waals surface area contributed by atoms with Crippen LogP contribution in [0.25, 0.3) is 0 Å². The zero-order valence-corrected chi connectivity index (χ0v) is 13.1. The predicted octanol–water partition coefficient (Wildman–Crippen LogP) is 4.05. The molecule has 0 atom stereocenters. The van der Waals surface area contributed by atoms with E-state index in [1.807, 2.05) is 17.8 Å². The van der Waals surface area contributed by atoms with E-state index in [1.165, 1.54) is 16.0 Å². The highest BCUT2D eigenvalue weighted by Gasteiger charge is 2.10. The molecule has 0 aliphatic heterocycles.